The zero-order valence-corrected chi connectivity index (χ0v) is 15.5. The maximum absolute atomic E-state index is 12.3. The van der Waals surface area contributed by atoms with E-state index in [2.05, 4.69) is 15.8 Å². The van der Waals surface area contributed by atoms with Crippen molar-refractivity contribution in [3.05, 3.63) is 81.0 Å². The molecule has 0 radical (unpaired) electrons. The Bertz CT molecular complexity index is 1240. The van der Waals surface area contributed by atoms with Crippen LogP contribution >= 0.6 is 11.8 Å². The molecule has 2 heterocycles. The third kappa shape index (κ3) is 4.04. The molecule has 0 atom stereocenters. The number of fused-ring (bicyclic) bond motifs is 1. The van der Waals surface area contributed by atoms with E-state index in [4.69, 9.17) is 4.42 Å². The SMILES string of the molecule is O=C1N/C(=N/NC(=O)c2cc3ccccc3oc2=O)S/C1=C\c1ccc(O)cc1. The third-order valence-electron chi connectivity index (χ3n) is 3.99. The van der Waals surface area contributed by atoms with Crippen molar-refractivity contribution in [1.82, 2.24) is 10.7 Å². The summed E-state index contributed by atoms with van der Waals surface area (Å²) < 4.78 is 5.13. The van der Waals surface area contributed by atoms with Crippen LogP contribution in [0.15, 0.2) is 73.8 Å². The monoisotopic (exact) mass is 407 g/mol. The Morgan fingerprint density at radius 3 is 2.69 bits per heavy atom. The molecular formula is C20H13N3O5S. The molecule has 1 aliphatic rings. The molecule has 0 aliphatic carbocycles. The molecule has 29 heavy (non-hydrogen) atoms. The second-order valence-electron chi connectivity index (χ2n) is 6.00. The van der Waals surface area contributed by atoms with E-state index in [0.717, 1.165) is 17.3 Å². The summed E-state index contributed by atoms with van der Waals surface area (Å²) in [6.45, 7) is 0. The molecule has 4 rings (SSSR count). The standard InChI is InChI=1S/C20H13N3O5S/c24-13-7-5-11(6-8-13)9-16-18(26)21-20(29-16)23-22-17(25)14-10-12-3-1-2-4-15(12)28-19(14)27/h1-10,24H,(H,22,25)(H,21,23,26)/b16-9-. The lowest BCUT2D eigenvalue weighted by molar-refractivity contribution is -0.115. The summed E-state index contributed by atoms with van der Waals surface area (Å²) in [5.74, 6) is -0.997. The van der Waals surface area contributed by atoms with Gasteiger partial charge in [-0.05, 0) is 47.7 Å². The summed E-state index contributed by atoms with van der Waals surface area (Å²) in [5.41, 5.74) is 2.38. The minimum atomic E-state index is -0.780. The molecule has 3 aromatic rings. The van der Waals surface area contributed by atoms with Gasteiger partial charge < -0.3 is 9.52 Å². The largest absolute Gasteiger partial charge is 0.508 e. The van der Waals surface area contributed by atoms with Gasteiger partial charge in [-0.1, -0.05) is 30.3 Å². The fraction of sp³-hybridized carbons (Fsp3) is 0. The fourth-order valence-electron chi connectivity index (χ4n) is 2.58. The van der Waals surface area contributed by atoms with E-state index >= 15 is 0 Å². The van der Waals surface area contributed by atoms with Gasteiger partial charge in [-0.25, -0.2) is 10.2 Å². The average molecular weight is 407 g/mol. The molecule has 0 unspecified atom stereocenters. The number of benzene rings is 2. The van der Waals surface area contributed by atoms with E-state index in [0.29, 0.717) is 15.9 Å². The number of nitrogens with zero attached hydrogens (tertiary/aromatic N) is 1. The number of amidine groups is 1. The number of nitrogens with one attached hydrogen (secondary N) is 2. The zero-order valence-electron chi connectivity index (χ0n) is 14.7. The van der Waals surface area contributed by atoms with Crippen LogP contribution in [0.4, 0.5) is 0 Å². The summed E-state index contributed by atoms with van der Waals surface area (Å²) >= 11 is 1.03. The highest BCUT2D eigenvalue weighted by molar-refractivity contribution is 8.18. The molecule has 9 heteroatoms. The van der Waals surface area contributed by atoms with Crippen molar-refractivity contribution in [2.24, 2.45) is 5.10 Å². The van der Waals surface area contributed by atoms with Crippen LogP contribution in [-0.2, 0) is 4.79 Å². The molecular weight excluding hydrogens is 394 g/mol. The van der Waals surface area contributed by atoms with Gasteiger partial charge >= 0.3 is 5.63 Å². The number of aromatic hydroxyl groups is 1. The number of rotatable bonds is 3. The number of carbonyl (C=O) groups excluding carboxylic acids is 2. The Kier molecular flexibility index (Phi) is 4.88. The van der Waals surface area contributed by atoms with Crippen molar-refractivity contribution in [1.29, 1.82) is 0 Å². The second kappa shape index (κ2) is 7.64. The lowest BCUT2D eigenvalue weighted by atomic mass is 10.2. The molecule has 1 saturated heterocycles. The molecule has 8 nitrogen and oxygen atoms in total. The Morgan fingerprint density at radius 2 is 1.90 bits per heavy atom. The first-order chi connectivity index (χ1) is 14.0. The smallest absolute Gasteiger partial charge is 0.349 e. The van der Waals surface area contributed by atoms with E-state index in [-0.39, 0.29) is 22.4 Å². The quantitative estimate of drug-likeness (QED) is 0.348. The van der Waals surface area contributed by atoms with Crippen molar-refractivity contribution in [2.75, 3.05) is 0 Å². The predicted molar refractivity (Wildman–Crippen MR) is 109 cm³/mol. The minimum Gasteiger partial charge on any atom is -0.508 e. The molecule has 0 bridgehead atoms. The van der Waals surface area contributed by atoms with Gasteiger partial charge in [-0.15, -0.1) is 5.10 Å². The summed E-state index contributed by atoms with van der Waals surface area (Å²) in [6.07, 6.45) is 1.63. The number of hydrogen-bond donors (Lipinski definition) is 3. The van der Waals surface area contributed by atoms with Crippen molar-refractivity contribution < 1.29 is 19.1 Å². The molecule has 2 aromatic carbocycles. The lowest BCUT2D eigenvalue weighted by Gasteiger charge is -2.01. The number of amides is 2. The number of phenolic OH excluding ortho intramolecular Hbond substituents is 1. The summed E-state index contributed by atoms with van der Waals surface area (Å²) in [4.78, 5) is 36.8. The normalized spacial score (nSPS) is 16.3. The minimum absolute atomic E-state index is 0.124. The third-order valence-corrected chi connectivity index (χ3v) is 4.90. The van der Waals surface area contributed by atoms with E-state index in [1.165, 1.54) is 18.2 Å². The van der Waals surface area contributed by atoms with Crippen LogP contribution in [-0.4, -0.2) is 22.1 Å². The topological polar surface area (TPSA) is 121 Å². The number of thioether (sulfide) groups is 1. The van der Waals surface area contributed by atoms with Gasteiger partial charge in [0.25, 0.3) is 11.8 Å². The van der Waals surface area contributed by atoms with E-state index in [1.807, 2.05) is 0 Å². The Morgan fingerprint density at radius 1 is 1.14 bits per heavy atom. The summed E-state index contributed by atoms with van der Waals surface area (Å²) in [6, 6.07) is 14.6. The van der Waals surface area contributed by atoms with E-state index in [1.54, 1.807) is 42.5 Å². The van der Waals surface area contributed by atoms with Gasteiger partial charge in [-0.2, -0.15) is 0 Å². The van der Waals surface area contributed by atoms with Gasteiger partial charge in [0.2, 0.25) is 0 Å². The second-order valence-corrected chi connectivity index (χ2v) is 7.03. The van der Waals surface area contributed by atoms with Gasteiger partial charge in [0.05, 0.1) is 4.91 Å². The maximum Gasteiger partial charge on any atom is 0.349 e. The summed E-state index contributed by atoms with van der Waals surface area (Å²) in [7, 11) is 0. The fourth-order valence-corrected chi connectivity index (χ4v) is 3.37. The summed E-state index contributed by atoms with van der Waals surface area (Å²) in [5, 5.41) is 16.5. The molecule has 0 spiro atoms. The van der Waals surface area contributed by atoms with Crippen LogP contribution in [0, 0.1) is 0 Å². The Balaban J connectivity index is 1.50. The molecule has 144 valence electrons. The van der Waals surface area contributed by atoms with Crippen molar-refractivity contribution >= 4 is 45.8 Å². The van der Waals surface area contributed by atoms with Gasteiger partial charge in [0, 0.05) is 5.39 Å². The average Bonchev–Trinajstić information content (AvgIpc) is 3.06. The van der Waals surface area contributed by atoms with E-state index < -0.39 is 11.5 Å². The molecule has 2 amide bonds. The van der Waals surface area contributed by atoms with Gasteiger partial charge in [0.1, 0.15) is 16.9 Å². The van der Waals surface area contributed by atoms with Crippen LogP contribution < -0.4 is 16.4 Å². The van der Waals surface area contributed by atoms with Crippen molar-refractivity contribution in [3.63, 3.8) is 0 Å². The highest BCUT2D eigenvalue weighted by atomic mass is 32.2. The predicted octanol–water partition coefficient (Wildman–Crippen LogP) is 2.40. The van der Waals surface area contributed by atoms with Gasteiger partial charge in [0.15, 0.2) is 5.17 Å². The number of carbonyl (C=O) groups is 2. The molecule has 0 saturated carbocycles. The number of para-hydroxylation sites is 1. The first-order valence-corrected chi connectivity index (χ1v) is 9.22. The highest BCUT2D eigenvalue weighted by Crippen LogP contribution is 2.26. The van der Waals surface area contributed by atoms with E-state index in [9.17, 15) is 19.5 Å². The highest BCUT2D eigenvalue weighted by Gasteiger charge is 2.24. The Labute approximate surface area is 167 Å². The zero-order chi connectivity index (χ0) is 20.4. The number of phenols is 1. The Hall–Kier alpha value is -3.85. The lowest BCUT2D eigenvalue weighted by Crippen LogP contribution is -2.28. The van der Waals surface area contributed by atoms with Crippen molar-refractivity contribution in [3.8, 4) is 5.75 Å². The van der Waals surface area contributed by atoms with Crippen LogP contribution in [0.2, 0.25) is 0 Å². The van der Waals surface area contributed by atoms with Crippen LogP contribution in [0.3, 0.4) is 0 Å². The molecule has 1 fully saturated rings. The van der Waals surface area contributed by atoms with Crippen LogP contribution in [0.1, 0.15) is 15.9 Å². The molecule has 3 N–H and O–H groups in total. The molecule has 1 aliphatic heterocycles. The molecule has 1 aromatic heterocycles. The maximum atomic E-state index is 12.3. The van der Waals surface area contributed by atoms with Crippen molar-refractivity contribution in [2.45, 2.75) is 0 Å². The van der Waals surface area contributed by atoms with Crippen LogP contribution in [0.25, 0.3) is 17.0 Å². The first kappa shape index (κ1) is 18.5. The first-order valence-electron chi connectivity index (χ1n) is 8.40. The van der Waals surface area contributed by atoms with Crippen LogP contribution in [0.5, 0.6) is 5.75 Å². The number of hydrazone groups is 1. The van der Waals surface area contributed by atoms with Gasteiger partial charge in [-0.3, -0.25) is 14.9 Å². The number of hydrogen-bond acceptors (Lipinski definition) is 7.